The SMILES string of the molecule is CCOc1ccccc1CNC(=O)CN(c1ccc2c(c1)OCO2)S(=O)(=O)CC. The van der Waals surface area contributed by atoms with Crippen LogP contribution in [0.25, 0.3) is 0 Å². The number of ether oxygens (including phenoxy) is 3. The number of carbonyl (C=O) groups excluding carboxylic acids is 1. The molecule has 29 heavy (non-hydrogen) atoms. The number of carbonyl (C=O) groups is 1. The van der Waals surface area contributed by atoms with Crippen molar-refractivity contribution in [2.24, 2.45) is 0 Å². The van der Waals surface area contributed by atoms with Gasteiger partial charge < -0.3 is 19.5 Å². The van der Waals surface area contributed by atoms with Crippen molar-refractivity contribution < 1.29 is 27.4 Å². The van der Waals surface area contributed by atoms with Gasteiger partial charge in [-0.2, -0.15) is 0 Å². The lowest BCUT2D eigenvalue weighted by Gasteiger charge is -2.23. The second-order valence-electron chi connectivity index (χ2n) is 6.26. The number of anilines is 1. The third kappa shape index (κ3) is 4.92. The van der Waals surface area contributed by atoms with Gasteiger partial charge >= 0.3 is 0 Å². The minimum atomic E-state index is -3.67. The van der Waals surface area contributed by atoms with E-state index in [1.54, 1.807) is 18.2 Å². The van der Waals surface area contributed by atoms with Crippen molar-refractivity contribution in [1.29, 1.82) is 0 Å². The number of para-hydroxylation sites is 1. The molecule has 0 aliphatic carbocycles. The zero-order valence-electron chi connectivity index (χ0n) is 16.4. The van der Waals surface area contributed by atoms with E-state index >= 15 is 0 Å². The maximum Gasteiger partial charge on any atom is 0.241 e. The van der Waals surface area contributed by atoms with Gasteiger partial charge in [-0.15, -0.1) is 0 Å². The van der Waals surface area contributed by atoms with Crippen LogP contribution in [0.3, 0.4) is 0 Å². The van der Waals surface area contributed by atoms with Gasteiger partial charge in [0.25, 0.3) is 0 Å². The Morgan fingerprint density at radius 2 is 1.90 bits per heavy atom. The monoisotopic (exact) mass is 420 g/mol. The summed E-state index contributed by atoms with van der Waals surface area (Å²) in [6.07, 6.45) is 0. The van der Waals surface area contributed by atoms with Crippen LogP contribution in [0, 0.1) is 0 Å². The summed E-state index contributed by atoms with van der Waals surface area (Å²) in [6, 6.07) is 12.2. The molecule has 0 spiro atoms. The molecular weight excluding hydrogens is 396 g/mol. The molecule has 0 fully saturated rings. The number of rotatable bonds is 9. The molecule has 0 saturated heterocycles. The smallest absolute Gasteiger partial charge is 0.241 e. The first kappa shape index (κ1) is 20.8. The van der Waals surface area contributed by atoms with Crippen molar-refractivity contribution in [3.63, 3.8) is 0 Å². The quantitative estimate of drug-likeness (QED) is 0.669. The van der Waals surface area contributed by atoms with Crippen LogP contribution in [-0.2, 0) is 21.4 Å². The van der Waals surface area contributed by atoms with Crippen molar-refractivity contribution in [3.05, 3.63) is 48.0 Å². The Balaban J connectivity index is 1.74. The molecule has 2 aromatic carbocycles. The summed E-state index contributed by atoms with van der Waals surface area (Å²) >= 11 is 0. The molecule has 0 atom stereocenters. The van der Waals surface area contributed by atoms with Crippen LogP contribution < -0.4 is 23.8 Å². The fourth-order valence-corrected chi connectivity index (χ4v) is 3.93. The molecule has 0 unspecified atom stereocenters. The minimum Gasteiger partial charge on any atom is -0.494 e. The predicted molar refractivity (Wildman–Crippen MR) is 109 cm³/mol. The lowest BCUT2D eigenvalue weighted by atomic mass is 10.2. The lowest BCUT2D eigenvalue weighted by molar-refractivity contribution is -0.119. The highest BCUT2D eigenvalue weighted by atomic mass is 32.2. The van der Waals surface area contributed by atoms with E-state index in [0.29, 0.717) is 29.5 Å². The third-order valence-corrected chi connectivity index (χ3v) is 6.12. The molecule has 1 aliphatic rings. The van der Waals surface area contributed by atoms with Crippen LogP contribution in [0.5, 0.6) is 17.2 Å². The molecule has 9 heteroatoms. The van der Waals surface area contributed by atoms with Gasteiger partial charge in [0.05, 0.1) is 18.0 Å². The molecule has 0 saturated carbocycles. The highest BCUT2D eigenvalue weighted by Crippen LogP contribution is 2.36. The molecule has 1 N–H and O–H groups in total. The Labute approximate surface area is 170 Å². The molecule has 156 valence electrons. The average Bonchev–Trinajstić information content (AvgIpc) is 3.19. The number of amides is 1. The number of nitrogens with one attached hydrogen (secondary N) is 1. The zero-order valence-corrected chi connectivity index (χ0v) is 17.2. The van der Waals surface area contributed by atoms with E-state index in [-0.39, 0.29) is 25.6 Å². The minimum absolute atomic E-state index is 0.0824. The number of hydrogen-bond donors (Lipinski definition) is 1. The van der Waals surface area contributed by atoms with Gasteiger partial charge in [0.1, 0.15) is 12.3 Å². The molecular formula is C20H24N2O6S. The number of benzene rings is 2. The molecule has 1 heterocycles. The van der Waals surface area contributed by atoms with E-state index in [9.17, 15) is 13.2 Å². The largest absolute Gasteiger partial charge is 0.494 e. The summed E-state index contributed by atoms with van der Waals surface area (Å²) in [5.74, 6) is 1.11. The topological polar surface area (TPSA) is 94.2 Å². The van der Waals surface area contributed by atoms with Gasteiger partial charge in [-0.3, -0.25) is 9.10 Å². The van der Waals surface area contributed by atoms with Crippen LogP contribution in [0.4, 0.5) is 5.69 Å². The molecule has 2 aromatic rings. The molecule has 3 rings (SSSR count). The first-order chi connectivity index (χ1) is 13.9. The normalized spacial score (nSPS) is 12.5. The van der Waals surface area contributed by atoms with Gasteiger partial charge in [-0.25, -0.2) is 8.42 Å². The fraction of sp³-hybridized carbons (Fsp3) is 0.350. The van der Waals surface area contributed by atoms with Gasteiger partial charge in [-0.1, -0.05) is 18.2 Å². The van der Waals surface area contributed by atoms with Crippen molar-refractivity contribution in [3.8, 4) is 17.2 Å². The van der Waals surface area contributed by atoms with Crippen molar-refractivity contribution in [2.45, 2.75) is 20.4 Å². The second-order valence-corrected chi connectivity index (χ2v) is 8.44. The molecule has 0 radical (unpaired) electrons. The highest BCUT2D eigenvalue weighted by Gasteiger charge is 2.25. The number of fused-ring (bicyclic) bond motifs is 1. The maximum atomic E-state index is 12.6. The highest BCUT2D eigenvalue weighted by molar-refractivity contribution is 7.92. The predicted octanol–water partition coefficient (Wildman–Crippen LogP) is 2.29. The number of nitrogens with zero attached hydrogens (tertiary/aromatic N) is 1. The molecule has 1 amide bonds. The second kappa shape index (κ2) is 9.04. The molecule has 0 aromatic heterocycles. The number of sulfonamides is 1. The molecule has 1 aliphatic heterocycles. The van der Waals surface area contributed by atoms with E-state index in [0.717, 1.165) is 9.87 Å². The Morgan fingerprint density at radius 3 is 2.66 bits per heavy atom. The van der Waals surface area contributed by atoms with Gasteiger partial charge in [0, 0.05) is 18.2 Å². The standard InChI is InChI=1S/C20H24N2O6S/c1-3-26-17-8-6-5-7-15(17)12-21-20(23)13-22(29(24,25)4-2)16-9-10-18-19(11-16)28-14-27-18/h5-11H,3-4,12-14H2,1-2H3,(H,21,23). The Hall–Kier alpha value is -2.94. The third-order valence-electron chi connectivity index (χ3n) is 4.38. The van der Waals surface area contributed by atoms with Crippen molar-refractivity contribution in [2.75, 3.05) is 30.0 Å². The van der Waals surface area contributed by atoms with Crippen LogP contribution in [0.1, 0.15) is 19.4 Å². The van der Waals surface area contributed by atoms with Gasteiger partial charge in [0.2, 0.25) is 22.7 Å². The summed E-state index contributed by atoms with van der Waals surface area (Å²) < 4.78 is 42.4. The van der Waals surface area contributed by atoms with Crippen molar-refractivity contribution >= 4 is 21.6 Å². The van der Waals surface area contributed by atoms with Crippen LogP contribution in [0.15, 0.2) is 42.5 Å². The van der Waals surface area contributed by atoms with Crippen molar-refractivity contribution in [1.82, 2.24) is 5.32 Å². The van der Waals surface area contributed by atoms with E-state index in [4.69, 9.17) is 14.2 Å². The summed E-state index contributed by atoms with van der Waals surface area (Å²) in [7, 11) is -3.67. The summed E-state index contributed by atoms with van der Waals surface area (Å²) in [5.41, 5.74) is 1.16. The van der Waals surface area contributed by atoms with E-state index in [2.05, 4.69) is 5.32 Å². The maximum absolute atomic E-state index is 12.6. The Kier molecular flexibility index (Phi) is 6.48. The first-order valence-corrected chi connectivity index (χ1v) is 10.9. The summed E-state index contributed by atoms with van der Waals surface area (Å²) in [4.78, 5) is 12.6. The molecule has 0 bridgehead atoms. The molecule has 8 nitrogen and oxygen atoms in total. The van der Waals surface area contributed by atoms with E-state index in [1.165, 1.54) is 6.92 Å². The van der Waals surface area contributed by atoms with E-state index in [1.807, 2.05) is 31.2 Å². The van der Waals surface area contributed by atoms with Gasteiger partial charge in [0.15, 0.2) is 11.5 Å². The van der Waals surface area contributed by atoms with Crippen LogP contribution in [0.2, 0.25) is 0 Å². The Morgan fingerprint density at radius 1 is 1.14 bits per heavy atom. The van der Waals surface area contributed by atoms with Crippen LogP contribution in [-0.4, -0.2) is 40.0 Å². The first-order valence-electron chi connectivity index (χ1n) is 9.32. The van der Waals surface area contributed by atoms with Gasteiger partial charge in [-0.05, 0) is 32.0 Å². The fourth-order valence-electron chi connectivity index (χ4n) is 2.87. The average molecular weight is 420 g/mol. The Bertz CT molecular complexity index is 977. The summed E-state index contributed by atoms with van der Waals surface area (Å²) in [5, 5.41) is 2.77. The number of hydrogen-bond acceptors (Lipinski definition) is 6. The van der Waals surface area contributed by atoms with Crippen LogP contribution >= 0.6 is 0 Å². The van der Waals surface area contributed by atoms with E-state index < -0.39 is 15.9 Å². The lowest BCUT2D eigenvalue weighted by Crippen LogP contribution is -2.41. The zero-order chi connectivity index (χ0) is 20.9. The summed E-state index contributed by atoms with van der Waals surface area (Å²) in [6.45, 7) is 3.90.